The predicted molar refractivity (Wildman–Crippen MR) is 65.6 cm³/mol. The van der Waals surface area contributed by atoms with E-state index in [2.05, 4.69) is 10.3 Å². The molecular weight excluding hydrogens is 268 g/mol. The van der Waals surface area contributed by atoms with Crippen LogP contribution in [0.2, 0.25) is 4.47 Å². The minimum atomic E-state index is -3.03. The molecule has 0 spiro atoms. The SMILES string of the molecule is O=S(=O)(Cc1cnc(Cl)s1)C[C@@H]1CCNC1. The van der Waals surface area contributed by atoms with Crippen molar-refractivity contribution in [1.29, 1.82) is 0 Å². The molecular formula is C9H13ClN2O2S2. The van der Waals surface area contributed by atoms with Crippen LogP contribution in [-0.2, 0) is 15.6 Å². The van der Waals surface area contributed by atoms with Crippen LogP contribution in [-0.4, -0.2) is 32.2 Å². The van der Waals surface area contributed by atoms with Crippen molar-refractivity contribution in [3.05, 3.63) is 15.5 Å². The highest BCUT2D eigenvalue weighted by Gasteiger charge is 2.23. The first-order valence-electron chi connectivity index (χ1n) is 5.06. The minimum Gasteiger partial charge on any atom is -0.316 e. The number of nitrogens with zero attached hydrogens (tertiary/aromatic N) is 1. The van der Waals surface area contributed by atoms with Crippen molar-refractivity contribution in [1.82, 2.24) is 10.3 Å². The number of hydrogen-bond acceptors (Lipinski definition) is 5. The molecule has 0 saturated carbocycles. The Morgan fingerprint density at radius 3 is 3.00 bits per heavy atom. The lowest BCUT2D eigenvalue weighted by Crippen LogP contribution is -2.19. The molecule has 0 unspecified atom stereocenters. The van der Waals surface area contributed by atoms with Crippen molar-refractivity contribution >= 4 is 32.8 Å². The molecule has 1 atom stereocenters. The fraction of sp³-hybridized carbons (Fsp3) is 0.667. The van der Waals surface area contributed by atoms with Gasteiger partial charge < -0.3 is 5.32 Å². The summed E-state index contributed by atoms with van der Waals surface area (Å²) in [6.07, 6.45) is 2.49. The molecule has 1 fully saturated rings. The first kappa shape index (κ1) is 12.3. The summed E-state index contributed by atoms with van der Waals surface area (Å²) >= 11 is 6.89. The van der Waals surface area contributed by atoms with Gasteiger partial charge in [-0.1, -0.05) is 11.6 Å². The topological polar surface area (TPSA) is 59.1 Å². The van der Waals surface area contributed by atoms with Gasteiger partial charge in [0.15, 0.2) is 14.3 Å². The van der Waals surface area contributed by atoms with E-state index in [1.165, 1.54) is 17.5 Å². The van der Waals surface area contributed by atoms with Crippen molar-refractivity contribution in [3.63, 3.8) is 0 Å². The molecule has 7 heteroatoms. The number of halogens is 1. The first-order chi connectivity index (χ1) is 7.55. The van der Waals surface area contributed by atoms with Gasteiger partial charge in [0, 0.05) is 11.1 Å². The monoisotopic (exact) mass is 280 g/mol. The van der Waals surface area contributed by atoms with Gasteiger partial charge in [0.2, 0.25) is 0 Å². The zero-order chi connectivity index (χ0) is 11.6. The second kappa shape index (κ2) is 5.00. The molecule has 0 bridgehead atoms. The summed E-state index contributed by atoms with van der Waals surface area (Å²) in [7, 11) is -3.03. The molecule has 1 aromatic rings. The largest absolute Gasteiger partial charge is 0.316 e. The molecule has 2 rings (SSSR count). The van der Waals surface area contributed by atoms with Crippen LogP contribution < -0.4 is 5.32 Å². The molecule has 0 aromatic carbocycles. The van der Waals surface area contributed by atoms with Crippen LogP contribution in [0.5, 0.6) is 0 Å². The standard InChI is InChI=1S/C9H13ClN2O2S2/c10-9-12-4-8(15-9)6-16(13,14)5-7-1-2-11-3-7/h4,7,11H,1-3,5-6H2/t7-/m1/s1. The van der Waals surface area contributed by atoms with Crippen LogP contribution in [0.3, 0.4) is 0 Å². The zero-order valence-electron chi connectivity index (χ0n) is 8.65. The molecule has 1 aliphatic rings. The van der Waals surface area contributed by atoms with Gasteiger partial charge in [-0.25, -0.2) is 13.4 Å². The maximum Gasteiger partial charge on any atom is 0.183 e. The lowest BCUT2D eigenvalue weighted by Gasteiger charge is -2.07. The molecule has 4 nitrogen and oxygen atoms in total. The summed E-state index contributed by atoms with van der Waals surface area (Å²) in [5.74, 6) is 0.581. The third-order valence-electron chi connectivity index (χ3n) is 2.54. The number of thiazole rings is 1. The third kappa shape index (κ3) is 3.41. The van der Waals surface area contributed by atoms with Gasteiger partial charge in [-0.05, 0) is 25.4 Å². The number of nitrogens with one attached hydrogen (secondary N) is 1. The highest BCUT2D eigenvalue weighted by molar-refractivity contribution is 7.90. The number of sulfone groups is 1. The summed E-state index contributed by atoms with van der Waals surface area (Å²) in [5, 5.41) is 3.17. The van der Waals surface area contributed by atoms with Crippen LogP contribution in [0.4, 0.5) is 0 Å². The fourth-order valence-electron chi connectivity index (χ4n) is 1.84. The van der Waals surface area contributed by atoms with Crippen molar-refractivity contribution < 1.29 is 8.42 Å². The van der Waals surface area contributed by atoms with E-state index in [1.807, 2.05) is 0 Å². The Morgan fingerprint density at radius 1 is 1.62 bits per heavy atom. The molecule has 1 aromatic heterocycles. The first-order valence-corrected chi connectivity index (χ1v) is 8.08. The van der Waals surface area contributed by atoms with E-state index in [0.29, 0.717) is 4.47 Å². The summed E-state index contributed by atoms with van der Waals surface area (Å²) in [6.45, 7) is 1.73. The van der Waals surface area contributed by atoms with E-state index in [1.54, 1.807) is 0 Å². The van der Waals surface area contributed by atoms with E-state index in [9.17, 15) is 8.42 Å². The van der Waals surface area contributed by atoms with Crippen LogP contribution in [0, 0.1) is 5.92 Å². The van der Waals surface area contributed by atoms with E-state index < -0.39 is 9.84 Å². The molecule has 16 heavy (non-hydrogen) atoms. The molecule has 0 amide bonds. The molecule has 1 N–H and O–H groups in total. The van der Waals surface area contributed by atoms with E-state index in [0.717, 1.165) is 24.4 Å². The second-order valence-electron chi connectivity index (χ2n) is 3.99. The maximum absolute atomic E-state index is 11.9. The van der Waals surface area contributed by atoms with Gasteiger partial charge in [0.05, 0.1) is 11.5 Å². The van der Waals surface area contributed by atoms with Crippen LogP contribution >= 0.6 is 22.9 Å². The third-order valence-corrected chi connectivity index (χ3v) is 5.57. The quantitative estimate of drug-likeness (QED) is 0.904. The van der Waals surface area contributed by atoms with Crippen molar-refractivity contribution in [3.8, 4) is 0 Å². The van der Waals surface area contributed by atoms with Gasteiger partial charge >= 0.3 is 0 Å². The van der Waals surface area contributed by atoms with Crippen molar-refractivity contribution in [2.75, 3.05) is 18.8 Å². The highest BCUT2D eigenvalue weighted by atomic mass is 35.5. The molecule has 0 aliphatic carbocycles. The predicted octanol–water partition coefficient (Wildman–Crippen LogP) is 1.32. The minimum absolute atomic E-state index is 0.0634. The normalized spacial score (nSPS) is 21.4. The maximum atomic E-state index is 11.9. The summed E-state index contributed by atoms with van der Waals surface area (Å²) in [4.78, 5) is 4.56. The number of aromatic nitrogens is 1. The smallest absolute Gasteiger partial charge is 0.183 e. The Hall–Kier alpha value is -0.170. The second-order valence-corrected chi connectivity index (χ2v) is 7.80. The van der Waals surface area contributed by atoms with E-state index >= 15 is 0 Å². The van der Waals surface area contributed by atoms with E-state index in [4.69, 9.17) is 11.6 Å². The summed E-state index contributed by atoms with van der Waals surface area (Å²) < 4.78 is 24.1. The molecule has 1 saturated heterocycles. The van der Waals surface area contributed by atoms with E-state index in [-0.39, 0.29) is 17.4 Å². The molecule has 0 radical (unpaired) electrons. The average molecular weight is 281 g/mol. The van der Waals surface area contributed by atoms with Gasteiger partial charge in [0.25, 0.3) is 0 Å². The molecule has 90 valence electrons. The van der Waals surface area contributed by atoms with Gasteiger partial charge in [-0.15, -0.1) is 11.3 Å². The lowest BCUT2D eigenvalue weighted by atomic mass is 10.2. The Labute approximate surface area is 104 Å². The summed E-state index contributed by atoms with van der Waals surface area (Å²) in [6, 6.07) is 0. The van der Waals surface area contributed by atoms with Gasteiger partial charge in [-0.2, -0.15) is 0 Å². The zero-order valence-corrected chi connectivity index (χ0v) is 11.0. The molecule has 1 aliphatic heterocycles. The Kier molecular flexibility index (Phi) is 3.84. The average Bonchev–Trinajstić information content (AvgIpc) is 2.76. The molecule has 2 heterocycles. The number of rotatable bonds is 4. The Balaban J connectivity index is 1.96. The summed E-state index contributed by atoms with van der Waals surface area (Å²) in [5.41, 5.74) is 0. The highest BCUT2D eigenvalue weighted by Crippen LogP contribution is 2.21. The van der Waals surface area contributed by atoms with Gasteiger partial charge in [-0.3, -0.25) is 0 Å². The van der Waals surface area contributed by atoms with Crippen LogP contribution in [0.1, 0.15) is 11.3 Å². The lowest BCUT2D eigenvalue weighted by molar-refractivity contribution is 0.570. The van der Waals surface area contributed by atoms with Crippen LogP contribution in [0.15, 0.2) is 6.20 Å². The Bertz CT molecular complexity index is 452. The van der Waals surface area contributed by atoms with Crippen LogP contribution in [0.25, 0.3) is 0 Å². The fourth-order valence-corrected chi connectivity index (χ4v) is 5.02. The van der Waals surface area contributed by atoms with Crippen molar-refractivity contribution in [2.45, 2.75) is 12.2 Å². The van der Waals surface area contributed by atoms with Gasteiger partial charge in [0.1, 0.15) is 0 Å². The number of hydrogen-bond donors (Lipinski definition) is 1. The Morgan fingerprint density at radius 2 is 2.44 bits per heavy atom. The van der Waals surface area contributed by atoms with Crippen molar-refractivity contribution in [2.24, 2.45) is 5.92 Å².